The number of nitrogens with two attached hydrogens (primary N) is 3. The summed E-state index contributed by atoms with van der Waals surface area (Å²) >= 11 is 1.47. The minimum absolute atomic E-state index is 0.0889. The molecule has 0 spiro atoms. The van der Waals surface area contributed by atoms with Crippen LogP contribution in [-0.4, -0.2) is 23.4 Å². The summed E-state index contributed by atoms with van der Waals surface area (Å²) in [6.07, 6.45) is 1.58. The molecule has 0 aliphatic rings. The Morgan fingerprint density at radius 1 is 0.917 bits per heavy atom. The van der Waals surface area contributed by atoms with E-state index in [1.54, 1.807) is 24.4 Å². The number of anilines is 2. The molecule has 0 aliphatic heterocycles. The molecule has 0 atom stereocenters. The van der Waals surface area contributed by atoms with E-state index >= 15 is 0 Å². The molecular formula is C23H23F3N6O2S2. The summed E-state index contributed by atoms with van der Waals surface area (Å²) in [5.74, 6) is -2.68. The lowest BCUT2D eigenvalue weighted by molar-refractivity contribution is 0.520. The summed E-state index contributed by atoms with van der Waals surface area (Å²) in [6.45, 7) is 6.18. The Balaban J connectivity index is 0.000000253. The topological polar surface area (TPSA) is 151 Å². The van der Waals surface area contributed by atoms with Gasteiger partial charge in [-0.2, -0.15) is 0 Å². The molecule has 0 radical (unpaired) electrons. The smallest absolute Gasteiger partial charge is 0.243 e. The van der Waals surface area contributed by atoms with E-state index in [1.807, 2.05) is 0 Å². The van der Waals surface area contributed by atoms with Crippen molar-refractivity contribution in [2.45, 2.75) is 31.1 Å². The second-order valence-electron chi connectivity index (χ2n) is 8.55. The molecule has 0 bridgehead atoms. The van der Waals surface area contributed by atoms with Crippen molar-refractivity contribution in [1.29, 1.82) is 0 Å². The van der Waals surface area contributed by atoms with E-state index in [2.05, 4.69) is 40.9 Å². The molecule has 190 valence electrons. The fourth-order valence-corrected chi connectivity index (χ4v) is 4.77. The number of halogens is 3. The summed E-state index contributed by atoms with van der Waals surface area (Å²) in [5.41, 5.74) is 12.8. The maximum absolute atomic E-state index is 14.6. The van der Waals surface area contributed by atoms with Gasteiger partial charge in [-0.3, -0.25) is 0 Å². The van der Waals surface area contributed by atoms with Crippen LogP contribution in [-0.2, 0) is 15.4 Å². The van der Waals surface area contributed by atoms with Crippen LogP contribution in [0.15, 0.2) is 53.6 Å². The Hall–Kier alpha value is -3.55. The van der Waals surface area contributed by atoms with Crippen molar-refractivity contribution in [2.75, 3.05) is 11.5 Å². The van der Waals surface area contributed by atoms with Gasteiger partial charge < -0.3 is 11.5 Å². The number of nitrogens with zero attached hydrogens (tertiary/aromatic N) is 3. The summed E-state index contributed by atoms with van der Waals surface area (Å²) < 4.78 is 61.0. The molecule has 0 aliphatic carbocycles. The first-order chi connectivity index (χ1) is 16.7. The van der Waals surface area contributed by atoms with Gasteiger partial charge in [0.25, 0.3) is 0 Å². The third kappa shape index (κ3) is 5.98. The van der Waals surface area contributed by atoms with E-state index in [-0.39, 0.29) is 17.1 Å². The average molecular weight is 537 g/mol. The first kappa shape index (κ1) is 27.0. The maximum Gasteiger partial charge on any atom is 0.243 e. The highest BCUT2D eigenvalue weighted by molar-refractivity contribution is 7.89. The van der Waals surface area contributed by atoms with Gasteiger partial charge in [-0.1, -0.05) is 32.9 Å². The third-order valence-electron chi connectivity index (χ3n) is 4.66. The molecule has 13 heteroatoms. The Morgan fingerprint density at radius 2 is 1.53 bits per heavy atom. The highest BCUT2D eigenvalue weighted by Crippen LogP contribution is 2.41. The Bertz CT molecular complexity index is 1500. The lowest BCUT2D eigenvalue weighted by atomic mass is 9.98. The predicted octanol–water partition coefficient (Wildman–Crippen LogP) is 4.48. The molecule has 4 aromatic rings. The van der Waals surface area contributed by atoms with Crippen LogP contribution in [0.1, 0.15) is 25.8 Å². The first-order valence-electron chi connectivity index (χ1n) is 10.3. The van der Waals surface area contributed by atoms with Crippen LogP contribution in [0.4, 0.5) is 24.8 Å². The highest BCUT2D eigenvalue weighted by Gasteiger charge is 2.25. The van der Waals surface area contributed by atoms with Crippen molar-refractivity contribution in [3.8, 4) is 21.8 Å². The molecule has 0 fully saturated rings. The van der Waals surface area contributed by atoms with Gasteiger partial charge in [0.1, 0.15) is 11.6 Å². The van der Waals surface area contributed by atoms with Crippen LogP contribution in [0.5, 0.6) is 0 Å². The Kier molecular flexibility index (Phi) is 7.67. The summed E-state index contributed by atoms with van der Waals surface area (Å²) in [5, 5.41) is 5.43. The number of primary sulfonamides is 1. The molecule has 2 aromatic heterocycles. The van der Waals surface area contributed by atoms with Gasteiger partial charge in [-0.15, -0.1) is 11.3 Å². The van der Waals surface area contributed by atoms with Crippen molar-refractivity contribution >= 4 is 33.0 Å². The molecule has 0 amide bonds. The van der Waals surface area contributed by atoms with E-state index in [1.165, 1.54) is 17.4 Å². The Morgan fingerprint density at radius 3 is 2.06 bits per heavy atom. The van der Waals surface area contributed by atoms with Crippen LogP contribution < -0.4 is 16.6 Å². The zero-order valence-electron chi connectivity index (χ0n) is 19.5. The zero-order valence-corrected chi connectivity index (χ0v) is 21.1. The third-order valence-corrected chi connectivity index (χ3v) is 7.13. The average Bonchev–Trinajstić information content (AvgIpc) is 3.21. The maximum atomic E-state index is 14.6. The monoisotopic (exact) mass is 536 g/mol. The molecule has 2 aromatic carbocycles. The minimum atomic E-state index is -4.31. The van der Waals surface area contributed by atoms with Crippen LogP contribution in [0, 0.1) is 17.5 Å². The number of aromatic nitrogens is 3. The normalized spacial score (nSPS) is 11.6. The summed E-state index contributed by atoms with van der Waals surface area (Å²) in [6, 6.07) is 9.34. The van der Waals surface area contributed by atoms with Gasteiger partial charge in [0.15, 0.2) is 10.7 Å². The number of hydrogen-bond acceptors (Lipinski definition) is 8. The van der Waals surface area contributed by atoms with E-state index in [0.29, 0.717) is 17.0 Å². The van der Waals surface area contributed by atoms with Crippen molar-refractivity contribution < 1.29 is 21.6 Å². The van der Waals surface area contributed by atoms with Gasteiger partial charge >= 0.3 is 0 Å². The van der Waals surface area contributed by atoms with Crippen molar-refractivity contribution in [3.05, 3.63) is 71.1 Å². The molecule has 0 saturated heterocycles. The molecule has 0 unspecified atom stereocenters. The second-order valence-corrected chi connectivity index (χ2v) is 11.0. The van der Waals surface area contributed by atoms with Crippen LogP contribution in [0.2, 0.25) is 0 Å². The van der Waals surface area contributed by atoms with Gasteiger partial charge in [-0.25, -0.2) is 41.7 Å². The fraction of sp³-hybridized carbons (Fsp3) is 0.174. The standard InChI is InChI=1S/C17H18FN5S.C6H5F2NO2S/c1-17(2,3)15-23-13(9-5-4-6-10(19)12(9)18)14(24-15)11-7-8-21-16(20)22-11;7-4-2-1-3-5(8)6(4)12(9,10)11/h4-8H,19H2,1-3H3,(H2,20,21,22);1-3H,(H2,9,10,11). The molecular weight excluding hydrogens is 513 g/mol. The van der Waals surface area contributed by atoms with Gasteiger partial charge in [-0.05, 0) is 30.3 Å². The number of thiazole rings is 1. The largest absolute Gasteiger partial charge is 0.396 e. The summed E-state index contributed by atoms with van der Waals surface area (Å²) in [7, 11) is -4.31. The number of sulfonamides is 1. The van der Waals surface area contributed by atoms with E-state index in [9.17, 15) is 21.6 Å². The van der Waals surface area contributed by atoms with Crippen molar-refractivity contribution in [1.82, 2.24) is 15.0 Å². The lowest BCUT2D eigenvalue weighted by Crippen LogP contribution is -2.15. The SMILES string of the molecule is CC(C)(C)c1nc(-c2cccc(N)c2F)c(-c2ccnc(N)n2)s1.NS(=O)(=O)c1c(F)cccc1F. The van der Waals surface area contributed by atoms with Crippen molar-refractivity contribution in [3.63, 3.8) is 0 Å². The lowest BCUT2D eigenvalue weighted by Gasteiger charge is -2.13. The summed E-state index contributed by atoms with van der Waals surface area (Å²) in [4.78, 5) is 12.5. The van der Waals surface area contributed by atoms with Crippen LogP contribution in [0.25, 0.3) is 21.8 Å². The van der Waals surface area contributed by atoms with E-state index < -0.39 is 32.4 Å². The van der Waals surface area contributed by atoms with E-state index in [4.69, 9.17) is 11.5 Å². The van der Waals surface area contributed by atoms with Gasteiger partial charge in [0, 0.05) is 17.2 Å². The quantitative estimate of drug-likeness (QED) is 0.327. The van der Waals surface area contributed by atoms with E-state index in [0.717, 1.165) is 28.1 Å². The molecule has 6 N–H and O–H groups in total. The number of nitrogen functional groups attached to an aromatic ring is 2. The molecule has 8 nitrogen and oxygen atoms in total. The van der Waals surface area contributed by atoms with Gasteiger partial charge in [0.2, 0.25) is 16.0 Å². The predicted molar refractivity (Wildman–Crippen MR) is 134 cm³/mol. The molecule has 36 heavy (non-hydrogen) atoms. The van der Waals surface area contributed by atoms with Gasteiger partial charge in [0.05, 0.1) is 27.0 Å². The van der Waals surface area contributed by atoms with Crippen LogP contribution >= 0.6 is 11.3 Å². The highest BCUT2D eigenvalue weighted by atomic mass is 32.2. The molecule has 2 heterocycles. The fourth-order valence-electron chi connectivity index (χ4n) is 2.98. The first-order valence-corrected chi connectivity index (χ1v) is 12.7. The second kappa shape index (κ2) is 10.2. The minimum Gasteiger partial charge on any atom is -0.396 e. The molecule has 4 rings (SSSR count). The van der Waals surface area contributed by atoms with Crippen molar-refractivity contribution in [2.24, 2.45) is 5.14 Å². The zero-order chi connectivity index (χ0) is 26.8. The van der Waals surface area contributed by atoms with Crippen LogP contribution in [0.3, 0.4) is 0 Å². The number of benzene rings is 2. The number of rotatable bonds is 3. The molecule has 0 saturated carbocycles. The Labute approximate surface area is 210 Å². The number of hydrogen-bond donors (Lipinski definition) is 3.